The molecule has 2 unspecified atom stereocenters. The van der Waals surface area contributed by atoms with Crippen molar-refractivity contribution in [2.24, 2.45) is 5.92 Å². The third-order valence-corrected chi connectivity index (χ3v) is 3.41. The Morgan fingerprint density at radius 1 is 1.14 bits per heavy atom. The standard InChI is InChI=1S/C13H28N/c1-7-10-14(9-3,12(4)5)11-13(6)8-2/h7,10,12-13H,8-9,11H2,1-6H3/q+1. The van der Waals surface area contributed by atoms with E-state index in [1.807, 2.05) is 0 Å². The Morgan fingerprint density at radius 2 is 1.71 bits per heavy atom. The summed E-state index contributed by atoms with van der Waals surface area (Å²) in [7, 11) is 0. The third-order valence-electron chi connectivity index (χ3n) is 3.41. The summed E-state index contributed by atoms with van der Waals surface area (Å²) in [6.45, 7) is 16.2. The van der Waals surface area contributed by atoms with Gasteiger partial charge in [-0.05, 0) is 40.2 Å². The molecule has 84 valence electrons. The molecule has 2 atom stereocenters. The minimum Gasteiger partial charge on any atom is -0.296 e. The Labute approximate surface area is 90.4 Å². The van der Waals surface area contributed by atoms with Crippen molar-refractivity contribution in [1.29, 1.82) is 0 Å². The molecule has 14 heavy (non-hydrogen) atoms. The van der Waals surface area contributed by atoms with Crippen molar-refractivity contribution in [2.75, 3.05) is 13.1 Å². The highest BCUT2D eigenvalue weighted by molar-refractivity contribution is 4.71. The second-order valence-electron chi connectivity index (χ2n) is 4.69. The van der Waals surface area contributed by atoms with Crippen molar-refractivity contribution in [3.05, 3.63) is 12.3 Å². The number of allylic oxidation sites excluding steroid dienone is 1. The number of hydrogen-bond acceptors (Lipinski definition) is 0. The monoisotopic (exact) mass is 198 g/mol. The van der Waals surface area contributed by atoms with Crippen LogP contribution in [0.1, 0.15) is 48.0 Å². The molecule has 0 bridgehead atoms. The number of quaternary nitrogens is 1. The van der Waals surface area contributed by atoms with Gasteiger partial charge in [0, 0.05) is 5.92 Å². The average Bonchev–Trinajstić information content (AvgIpc) is 2.16. The van der Waals surface area contributed by atoms with E-state index in [0.29, 0.717) is 6.04 Å². The molecule has 0 fully saturated rings. The van der Waals surface area contributed by atoms with E-state index in [2.05, 4.69) is 53.8 Å². The molecule has 0 heterocycles. The lowest BCUT2D eigenvalue weighted by Crippen LogP contribution is -2.50. The van der Waals surface area contributed by atoms with Crippen molar-refractivity contribution in [3.63, 3.8) is 0 Å². The summed E-state index contributed by atoms with van der Waals surface area (Å²) in [4.78, 5) is 0. The van der Waals surface area contributed by atoms with Crippen LogP contribution in [0.15, 0.2) is 12.3 Å². The fourth-order valence-corrected chi connectivity index (χ4v) is 2.05. The van der Waals surface area contributed by atoms with E-state index in [0.717, 1.165) is 10.4 Å². The second-order valence-corrected chi connectivity index (χ2v) is 4.69. The molecule has 0 spiro atoms. The van der Waals surface area contributed by atoms with Crippen LogP contribution >= 0.6 is 0 Å². The molecule has 0 aromatic rings. The smallest absolute Gasteiger partial charge is 0.0917 e. The van der Waals surface area contributed by atoms with Crippen LogP contribution < -0.4 is 0 Å². The van der Waals surface area contributed by atoms with E-state index < -0.39 is 0 Å². The van der Waals surface area contributed by atoms with Crippen LogP contribution in [0.5, 0.6) is 0 Å². The summed E-state index contributed by atoms with van der Waals surface area (Å²) in [6, 6.07) is 0.685. The predicted molar refractivity (Wildman–Crippen MR) is 65.1 cm³/mol. The molecule has 0 aliphatic carbocycles. The predicted octanol–water partition coefficient (Wildman–Crippen LogP) is 3.81. The van der Waals surface area contributed by atoms with E-state index in [4.69, 9.17) is 0 Å². The van der Waals surface area contributed by atoms with Gasteiger partial charge in [-0.15, -0.1) is 0 Å². The lowest BCUT2D eigenvalue weighted by atomic mass is 10.1. The lowest BCUT2D eigenvalue weighted by molar-refractivity contribution is -0.901. The molecule has 1 heteroatoms. The van der Waals surface area contributed by atoms with E-state index in [1.165, 1.54) is 19.5 Å². The van der Waals surface area contributed by atoms with Crippen LogP contribution in [-0.4, -0.2) is 23.6 Å². The SMILES string of the molecule is CC=C[N+](CC)(CC(C)CC)C(C)C. The molecular weight excluding hydrogens is 170 g/mol. The van der Waals surface area contributed by atoms with Crippen molar-refractivity contribution < 1.29 is 4.48 Å². The summed E-state index contributed by atoms with van der Waals surface area (Å²) in [5.74, 6) is 0.813. The van der Waals surface area contributed by atoms with Gasteiger partial charge in [0.25, 0.3) is 0 Å². The average molecular weight is 198 g/mol. The van der Waals surface area contributed by atoms with Gasteiger partial charge in [0.05, 0.1) is 25.3 Å². The van der Waals surface area contributed by atoms with E-state index in [-0.39, 0.29) is 0 Å². The molecule has 0 rings (SSSR count). The minimum atomic E-state index is 0.685. The maximum atomic E-state index is 2.37. The largest absolute Gasteiger partial charge is 0.296 e. The normalized spacial score (nSPS) is 18.8. The van der Waals surface area contributed by atoms with Crippen LogP contribution in [0, 0.1) is 5.92 Å². The van der Waals surface area contributed by atoms with E-state index in [9.17, 15) is 0 Å². The maximum Gasteiger partial charge on any atom is 0.0917 e. The van der Waals surface area contributed by atoms with Gasteiger partial charge in [0.2, 0.25) is 0 Å². The first-order chi connectivity index (χ1) is 6.52. The van der Waals surface area contributed by atoms with Gasteiger partial charge in [-0.3, -0.25) is 4.48 Å². The van der Waals surface area contributed by atoms with Crippen molar-refractivity contribution in [2.45, 2.75) is 54.0 Å². The Kier molecular flexibility index (Phi) is 6.10. The van der Waals surface area contributed by atoms with E-state index >= 15 is 0 Å². The van der Waals surface area contributed by atoms with Crippen molar-refractivity contribution in [3.8, 4) is 0 Å². The molecular formula is C13H28N+. The highest BCUT2D eigenvalue weighted by Gasteiger charge is 2.28. The van der Waals surface area contributed by atoms with Gasteiger partial charge >= 0.3 is 0 Å². The van der Waals surface area contributed by atoms with Gasteiger partial charge in [-0.2, -0.15) is 0 Å². The van der Waals surface area contributed by atoms with Crippen LogP contribution in [0.25, 0.3) is 0 Å². The van der Waals surface area contributed by atoms with E-state index in [1.54, 1.807) is 0 Å². The van der Waals surface area contributed by atoms with Gasteiger partial charge in [0.1, 0.15) is 0 Å². The van der Waals surface area contributed by atoms with Crippen molar-refractivity contribution in [1.82, 2.24) is 0 Å². The van der Waals surface area contributed by atoms with Gasteiger partial charge < -0.3 is 0 Å². The highest BCUT2D eigenvalue weighted by atomic mass is 15.4. The maximum absolute atomic E-state index is 2.37. The molecule has 0 radical (unpaired) electrons. The van der Waals surface area contributed by atoms with Crippen LogP contribution in [-0.2, 0) is 0 Å². The molecule has 0 aliphatic rings. The summed E-state index contributed by atoms with van der Waals surface area (Å²) in [5.41, 5.74) is 0. The summed E-state index contributed by atoms with van der Waals surface area (Å²) >= 11 is 0. The molecule has 0 amide bonds. The molecule has 0 aliphatic heterocycles. The first-order valence-corrected chi connectivity index (χ1v) is 6.02. The number of hydrogen-bond donors (Lipinski definition) is 0. The fraction of sp³-hybridized carbons (Fsp3) is 0.846. The summed E-state index contributed by atoms with van der Waals surface area (Å²) in [6.07, 6.45) is 5.85. The molecule has 1 nitrogen and oxygen atoms in total. The zero-order chi connectivity index (χ0) is 11.2. The Morgan fingerprint density at radius 3 is 2.00 bits per heavy atom. The zero-order valence-corrected chi connectivity index (χ0v) is 10.9. The zero-order valence-electron chi connectivity index (χ0n) is 10.9. The molecule has 0 saturated heterocycles. The fourth-order valence-electron chi connectivity index (χ4n) is 2.05. The third kappa shape index (κ3) is 3.45. The molecule has 0 aromatic heterocycles. The quantitative estimate of drug-likeness (QED) is 0.569. The van der Waals surface area contributed by atoms with Crippen LogP contribution in [0.3, 0.4) is 0 Å². The van der Waals surface area contributed by atoms with Crippen molar-refractivity contribution >= 4 is 0 Å². The highest BCUT2D eigenvalue weighted by Crippen LogP contribution is 2.19. The number of rotatable bonds is 6. The lowest BCUT2D eigenvalue weighted by Gasteiger charge is -2.39. The Hall–Kier alpha value is -0.300. The first kappa shape index (κ1) is 13.7. The van der Waals surface area contributed by atoms with Gasteiger partial charge in [-0.25, -0.2) is 0 Å². The van der Waals surface area contributed by atoms with Crippen LogP contribution in [0.4, 0.5) is 0 Å². The Balaban J connectivity index is 4.66. The van der Waals surface area contributed by atoms with Gasteiger partial charge in [-0.1, -0.05) is 13.8 Å². The first-order valence-electron chi connectivity index (χ1n) is 6.02. The molecule has 0 saturated carbocycles. The minimum absolute atomic E-state index is 0.685. The molecule has 0 aromatic carbocycles. The topological polar surface area (TPSA) is 0 Å². The summed E-state index contributed by atoms with van der Waals surface area (Å²) in [5, 5.41) is 0. The van der Waals surface area contributed by atoms with Gasteiger partial charge in [0.15, 0.2) is 0 Å². The number of nitrogens with zero attached hydrogens (tertiary/aromatic N) is 1. The Bertz CT molecular complexity index is 172. The van der Waals surface area contributed by atoms with Crippen LogP contribution in [0.2, 0.25) is 0 Å². The summed E-state index contributed by atoms with van der Waals surface area (Å²) < 4.78 is 1.13. The molecule has 0 N–H and O–H groups in total. The second kappa shape index (κ2) is 6.23.